The number of allylic oxidation sites excluding steroid dienone is 1. The maximum atomic E-state index is 10.9. The summed E-state index contributed by atoms with van der Waals surface area (Å²) in [4.78, 5) is 21.3. The number of hydrogen-bond acceptors (Lipinski definition) is 4. The predicted octanol–water partition coefficient (Wildman–Crippen LogP) is 1.18. The van der Waals surface area contributed by atoms with Crippen LogP contribution < -0.4 is 0 Å². The summed E-state index contributed by atoms with van der Waals surface area (Å²) < 4.78 is 9.22. The predicted molar refractivity (Wildman–Crippen MR) is 46.7 cm³/mol. The molecule has 0 saturated carbocycles. The molecule has 72 valence electrons. The van der Waals surface area contributed by atoms with E-state index < -0.39 is 11.9 Å². The zero-order valence-electron chi connectivity index (χ0n) is 7.70. The van der Waals surface area contributed by atoms with Gasteiger partial charge in [0.2, 0.25) is 0 Å². The van der Waals surface area contributed by atoms with E-state index >= 15 is 0 Å². The third-order valence-electron chi connectivity index (χ3n) is 0.969. The van der Waals surface area contributed by atoms with Crippen molar-refractivity contribution < 1.29 is 19.1 Å². The fourth-order valence-electron chi connectivity index (χ4n) is 0.605. The lowest BCUT2D eigenvalue weighted by Gasteiger charge is -2.00. The zero-order chi connectivity index (χ0) is 10.3. The summed E-state index contributed by atoms with van der Waals surface area (Å²) in [5, 5.41) is 0. The fraction of sp³-hybridized carbons (Fsp3) is 0.333. The molecule has 13 heavy (non-hydrogen) atoms. The van der Waals surface area contributed by atoms with E-state index in [1.807, 2.05) is 0 Å². The number of rotatable bonds is 4. The molecule has 0 N–H and O–H groups in total. The van der Waals surface area contributed by atoms with Crippen LogP contribution in [0.4, 0.5) is 0 Å². The quantitative estimate of drug-likeness (QED) is 0.285. The van der Waals surface area contributed by atoms with Crippen molar-refractivity contribution >= 4 is 11.9 Å². The number of carbonyl (C=O) groups is 2. The normalized spacial score (nSPS) is 10.5. The van der Waals surface area contributed by atoms with Crippen LogP contribution in [-0.4, -0.2) is 18.5 Å². The van der Waals surface area contributed by atoms with Crippen LogP contribution in [0.2, 0.25) is 0 Å². The van der Waals surface area contributed by atoms with Crippen molar-refractivity contribution in [2.24, 2.45) is 0 Å². The first-order valence-corrected chi connectivity index (χ1v) is 3.70. The smallest absolute Gasteiger partial charge is 0.334 e. The molecule has 0 heterocycles. The summed E-state index contributed by atoms with van der Waals surface area (Å²) in [5.74, 6) is -0.814. The summed E-state index contributed by atoms with van der Waals surface area (Å²) >= 11 is 0. The SMILES string of the molecule is C=CCOC(=O)C=C(C)OC(C)=O. The van der Waals surface area contributed by atoms with E-state index in [0.29, 0.717) is 0 Å². The Balaban J connectivity index is 3.98. The molecule has 0 fully saturated rings. The molecule has 0 aliphatic heterocycles. The lowest BCUT2D eigenvalue weighted by Crippen LogP contribution is -2.03. The van der Waals surface area contributed by atoms with Crippen molar-refractivity contribution in [2.45, 2.75) is 13.8 Å². The third-order valence-corrected chi connectivity index (χ3v) is 0.969. The molecule has 0 atom stereocenters. The molecule has 0 unspecified atom stereocenters. The van der Waals surface area contributed by atoms with E-state index in [4.69, 9.17) is 0 Å². The summed E-state index contributed by atoms with van der Waals surface area (Å²) in [6, 6.07) is 0. The van der Waals surface area contributed by atoms with E-state index in [1.165, 1.54) is 19.9 Å². The number of esters is 2. The highest BCUT2D eigenvalue weighted by Crippen LogP contribution is 1.96. The molecular weight excluding hydrogens is 172 g/mol. The van der Waals surface area contributed by atoms with E-state index in [9.17, 15) is 9.59 Å². The van der Waals surface area contributed by atoms with Gasteiger partial charge in [0.05, 0.1) is 6.08 Å². The van der Waals surface area contributed by atoms with Crippen LogP contribution in [0.3, 0.4) is 0 Å². The van der Waals surface area contributed by atoms with Crippen LogP contribution in [0.25, 0.3) is 0 Å². The van der Waals surface area contributed by atoms with Gasteiger partial charge in [-0.15, -0.1) is 0 Å². The molecule has 0 amide bonds. The van der Waals surface area contributed by atoms with Gasteiger partial charge in [-0.2, -0.15) is 0 Å². The molecular formula is C9H12O4. The van der Waals surface area contributed by atoms with Gasteiger partial charge in [0.1, 0.15) is 12.4 Å². The molecule has 0 aromatic heterocycles. The van der Waals surface area contributed by atoms with Crippen LogP contribution in [0.5, 0.6) is 0 Å². The Morgan fingerprint density at radius 2 is 2.00 bits per heavy atom. The topological polar surface area (TPSA) is 52.6 Å². The number of hydrogen-bond donors (Lipinski definition) is 0. The van der Waals surface area contributed by atoms with Crippen LogP contribution in [0.15, 0.2) is 24.5 Å². The van der Waals surface area contributed by atoms with Gasteiger partial charge >= 0.3 is 11.9 Å². The van der Waals surface area contributed by atoms with E-state index in [-0.39, 0.29) is 12.4 Å². The molecule has 0 radical (unpaired) electrons. The molecule has 0 aromatic carbocycles. The van der Waals surface area contributed by atoms with Gasteiger partial charge in [0, 0.05) is 6.92 Å². The highest BCUT2D eigenvalue weighted by molar-refractivity contribution is 5.83. The first-order valence-electron chi connectivity index (χ1n) is 3.70. The minimum Gasteiger partial charge on any atom is -0.458 e. The molecule has 4 heteroatoms. The van der Waals surface area contributed by atoms with Gasteiger partial charge in [0.15, 0.2) is 0 Å². The van der Waals surface area contributed by atoms with Crippen molar-refractivity contribution in [1.29, 1.82) is 0 Å². The van der Waals surface area contributed by atoms with Crippen molar-refractivity contribution in [1.82, 2.24) is 0 Å². The van der Waals surface area contributed by atoms with Crippen LogP contribution >= 0.6 is 0 Å². The van der Waals surface area contributed by atoms with E-state index in [0.717, 1.165) is 6.08 Å². The molecule has 0 spiro atoms. The Hall–Kier alpha value is -1.58. The summed E-state index contributed by atoms with van der Waals surface area (Å²) in [5.41, 5.74) is 0. The second-order valence-corrected chi connectivity index (χ2v) is 2.27. The van der Waals surface area contributed by atoms with Crippen LogP contribution in [0, 0.1) is 0 Å². The molecule has 0 saturated heterocycles. The fourth-order valence-corrected chi connectivity index (χ4v) is 0.605. The molecule has 0 aliphatic rings. The molecule has 4 nitrogen and oxygen atoms in total. The van der Waals surface area contributed by atoms with Gasteiger partial charge in [0.25, 0.3) is 0 Å². The van der Waals surface area contributed by atoms with Crippen molar-refractivity contribution in [3.63, 3.8) is 0 Å². The van der Waals surface area contributed by atoms with Crippen molar-refractivity contribution in [3.8, 4) is 0 Å². The lowest BCUT2D eigenvalue weighted by atomic mass is 10.5. The highest BCUT2D eigenvalue weighted by Gasteiger charge is 2.00. The minimum atomic E-state index is -0.557. The number of carbonyl (C=O) groups excluding carboxylic acids is 2. The average molecular weight is 184 g/mol. The van der Waals surface area contributed by atoms with Gasteiger partial charge in [-0.1, -0.05) is 12.7 Å². The summed E-state index contributed by atoms with van der Waals surface area (Å²) in [7, 11) is 0. The minimum absolute atomic E-state index is 0.142. The van der Waals surface area contributed by atoms with E-state index in [1.54, 1.807) is 0 Å². The Kier molecular flexibility index (Phi) is 5.27. The Morgan fingerprint density at radius 1 is 1.38 bits per heavy atom. The van der Waals surface area contributed by atoms with Gasteiger partial charge < -0.3 is 9.47 Å². The Morgan fingerprint density at radius 3 is 2.46 bits per heavy atom. The maximum absolute atomic E-state index is 10.9. The van der Waals surface area contributed by atoms with Crippen LogP contribution in [0.1, 0.15) is 13.8 Å². The first-order chi connectivity index (χ1) is 6.06. The third kappa shape index (κ3) is 6.80. The average Bonchev–Trinajstić information content (AvgIpc) is 1.98. The first kappa shape index (κ1) is 11.4. The van der Waals surface area contributed by atoms with E-state index in [2.05, 4.69) is 16.1 Å². The number of ether oxygens (including phenoxy) is 2. The van der Waals surface area contributed by atoms with Gasteiger partial charge in [-0.25, -0.2) is 4.79 Å². The molecule has 0 aromatic rings. The monoisotopic (exact) mass is 184 g/mol. The molecule has 0 aliphatic carbocycles. The van der Waals surface area contributed by atoms with Crippen molar-refractivity contribution in [3.05, 3.63) is 24.5 Å². The van der Waals surface area contributed by atoms with Gasteiger partial charge in [-0.3, -0.25) is 4.79 Å². The van der Waals surface area contributed by atoms with Crippen LogP contribution in [-0.2, 0) is 19.1 Å². The summed E-state index contributed by atoms with van der Waals surface area (Å²) in [6.07, 6.45) is 2.55. The van der Waals surface area contributed by atoms with Crippen molar-refractivity contribution in [2.75, 3.05) is 6.61 Å². The second-order valence-electron chi connectivity index (χ2n) is 2.27. The molecule has 0 bridgehead atoms. The Labute approximate surface area is 76.8 Å². The standard InChI is InChI=1S/C9H12O4/c1-4-5-12-9(11)6-7(2)13-8(3)10/h4,6H,1,5H2,2-3H3. The lowest BCUT2D eigenvalue weighted by molar-refractivity contribution is -0.138. The largest absolute Gasteiger partial charge is 0.458 e. The summed E-state index contributed by atoms with van der Waals surface area (Å²) in [6.45, 7) is 6.27. The zero-order valence-corrected chi connectivity index (χ0v) is 7.70. The highest BCUT2D eigenvalue weighted by atomic mass is 16.5. The maximum Gasteiger partial charge on any atom is 0.334 e. The van der Waals surface area contributed by atoms with Gasteiger partial charge in [-0.05, 0) is 6.92 Å². The second kappa shape index (κ2) is 5.99. The molecule has 0 rings (SSSR count). The Bertz CT molecular complexity index is 240.